The predicted octanol–water partition coefficient (Wildman–Crippen LogP) is 2.38. The molecule has 25 heavy (non-hydrogen) atoms. The van der Waals surface area contributed by atoms with Gasteiger partial charge < -0.3 is 19.5 Å². The highest BCUT2D eigenvalue weighted by atomic mass is 16.6. The Balaban J connectivity index is 1.62. The summed E-state index contributed by atoms with van der Waals surface area (Å²) in [6.07, 6.45) is 1.73. The molecule has 126 valence electrons. The van der Waals surface area contributed by atoms with Crippen LogP contribution in [0, 0.1) is 0 Å². The summed E-state index contributed by atoms with van der Waals surface area (Å²) in [5.41, 5.74) is 2.00. The van der Waals surface area contributed by atoms with Crippen molar-refractivity contribution in [1.82, 2.24) is 5.32 Å². The molecule has 2 aromatic rings. The molecule has 2 heterocycles. The first-order chi connectivity index (χ1) is 12.2. The van der Waals surface area contributed by atoms with Crippen molar-refractivity contribution >= 4 is 17.8 Å². The quantitative estimate of drug-likeness (QED) is 0.874. The van der Waals surface area contributed by atoms with Crippen molar-refractivity contribution in [2.75, 3.05) is 20.3 Å². The molecule has 1 amide bonds. The van der Waals surface area contributed by atoms with Crippen LogP contribution in [0.25, 0.3) is 6.08 Å². The van der Waals surface area contributed by atoms with Crippen LogP contribution in [0.3, 0.4) is 0 Å². The molecule has 6 nitrogen and oxygen atoms in total. The van der Waals surface area contributed by atoms with Crippen molar-refractivity contribution < 1.29 is 19.0 Å². The molecule has 4 rings (SSSR count). The zero-order valence-electron chi connectivity index (χ0n) is 13.6. The molecule has 2 aliphatic rings. The monoisotopic (exact) mass is 336 g/mol. The van der Waals surface area contributed by atoms with E-state index in [4.69, 9.17) is 14.2 Å². The fourth-order valence-corrected chi connectivity index (χ4v) is 2.66. The molecule has 0 saturated heterocycles. The molecule has 0 saturated carbocycles. The first-order valence-corrected chi connectivity index (χ1v) is 7.89. The second kappa shape index (κ2) is 6.32. The fraction of sp³-hybridized carbons (Fsp3) is 0.158. The number of carbonyl (C=O) groups excluding carboxylic acids is 1. The van der Waals surface area contributed by atoms with Crippen LogP contribution in [-0.4, -0.2) is 32.1 Å². The highest BCUT2D eigenvalue weighted by Crippen LogP contribution is 2.31. The van der Waals surface area contributed by atoms with E-state index in [1.807, 2.05) is 42.5 Å². The Morgan fingerprint density at radius 3 is 2.60 bits per heavy atom. The molecule has 0 spiro atoms. The molecule has 2 aliphatic heterocycles. The predicted molar refractivity (Wildman–Crippen MR) is 93.1 cm³/mol. The number of benzene rings is 2. The van der Waals surface area contributed by atoms with Crippen LogP contribution in [0.1, 0.15) is 11.1 Å². The summed E-state index contributed by atoms with van der Waals surface area (Å²) in [4.78, 5) is 16.6. The van der Waals surface area contributed by atoms with Crippen LogP contribution in [0.4, 0.5) is 0 Å². The number of amidine groups is 1. The Kier molecular flexibility index (Phi) is 3.85. The summed E-state index contributed by atoms with van der Waals surface area (Å²) in [6.45, 7) is 1.07. The van der Waals surface area contributed by atoms with Crippen molar-refractivity contribution in [3.05, 3.63) is 59.3 Å². The number of aliphatic imine (C=N–C) groups is 1. The van der Waals surface area contributed by atoms with Gasteiger partial charge in [0.25, 0.3) is 5.91 Å². The van der Waals surface area contributed by atoms with Crippen LogP contribution in [0.15, 0.2) is 53.2 Å². The largest absolute Gasteiger partial charge is 0.497 e. The van der Waals surface area contributed by atoms with Gasteiger partial charge in [-0.3, -0.25) is 4.79 Å². The number of hydrogen-bond acceptors (Lipinski definition) is 5. The lowest BCUT2D eigenvalue weighted by Crippen LogP contribution is -2.24. The number of nitrogens with zero attached hydrogens (tertiary/aromatic N) is 1. The van der Waals surface area contributed by atoms with Gasteiger partial charge in [-0.05, 0) is 48.0 Å². The zero-order valence-corrected chi connectivity index (χ0v) is 13.6. The van der Waals surface area contributed by atoms with E-state index in [0.29, 0.717) is 36.2 Å². The number of rotatable bonds is 3. The van der Waals surface area contributed by atoms with E-state index in [1.54, 1.807) is 13.2 Å². The average molecular weight is 336 g/mol. The Bertz CT molecular complexity index is 885. The summed E-state index contributed by atoms with van der Waals surface area (Å²) in [5.74, 6) is 2.43. The summed E-state index contributed by atoms with van der Waals surface area (Å²) < 4.78 is 16.2. The topological polar surface area (TPSA) is 69.1 Å². The molecule has 2 aromatic carbocycles. The van der Waals surface area contributed by atoms with Crippen molar-refractivity contribution in [1.29, 1.82) is 0 Å². The third-order valence-electron chi connectivity index (χ3n) is 3.93. The van der Waals surface area contributed by atoms with Crippen LogP contribution in [0.5, 0.6) is 17.2 Å². The van der Waals surface area contributed by atoms with E-state index < -0.39 is 0 Å². The van der Waals surface area contributed by atoms with E-state index in [0.717, 1.165) is 16.9 Å². The van der Waals surface area contributed by atoms with E-state index in [1.165, 1.54) is 0 Å². The molecule has 6 heteroatoms. The van der Waals surface area contributed by atoms with E-state index in [-0.39, 0.29) is 5.91 Å². The highest BCUT2D eigenvalue weighted by molar-refractivity contribution is 6.19. The number of amides is 1. The maximum atomic E-state index is 12.2. The van der Waals surface area contributed by atoms with Gasteiger partial charge in [-0.15, -0.1) is 0 Å². The summed E-state index contributed by atoms with van der Waals surface area (Å²) >= 11 is 0. The number of carbonyl (C=O) groups is 1. The minimum Gasteiger partial charge on any atom is -0.497 e. The third-order valence-corrected chi connectivity index (χ3v) is 3.93. The smallest absolute Gasteiger partial charge is 0.275 e. The van der Waals surface area contributed by atoms with Gasteiger partial charge in [-0.1, -0.05) is 6.07 Å². The van der Waals surface area contributed by atoms with Gasteiger partial charge in [-0.2, -0.15) is 0 Å². The Labute approximate surface area is 144 Å². The SMILES string of the molecule is COc1ccc(C2=N/C(=C/c3ccc4c(c3)OCCO4)C(=O)N2)cc1. The Morgan fingerprint density at radius 1 is 1.08 bits per heavy atom. The number of methoxy groups -OCH3 is 1. The molecule has 1 N–H and O–H groups in total. The lowest BCUT2D eigenvalue weighted by molar-refractivity contribution is -0.115. The van der Waals surface area contributed by atoms with Gasteiger partial charge >= 0.3 is 0 Å². The van der Waals surface area contributed by atoms with Gasteiger partial charge in [0, 0.05) is 5.56 Å². The third kappa shape index (κ3) is 3.06. The zero-order chi connectivity index (χ0) is 17.2. The molecular weight excluding hydrogens is 320 g/mol. The van der Waals surface area contributed by atoms with Gasteiger partial charge in [-0.25, -0.2) is 4.99 Å². The molecule has 0 radical (unpaired) electrons. The standard InChI is InChI=1S/C19H16N2O4/c1-23-14-5-3-13(4-6-14)18-20-15(19(22)21-18)10-12-2-7-16-17(11-12)25-9-8-24-16/h2-7,10-11H,8-9H2,1H3,(H,20,21,22)/b15-10+. The maximum Gasteiger partial charge on any atom is 0.275 e. The van der Waals surface area contributed by atoms with Crippen LogP contribution in [-0.2, 0) is 4.79 Å². The van der Waals surface area contributed by atoms with E-state index in [2.05, 4.69) is 10.3 Å². The molecule has 0 fully saturated rings. The minimum atomic E-state index is -0.235. The molecule has 0 aromatic heterocycles. The van der Waals surface area contributed by atoms with Crippen LogP contribution in [0.2, 0.25) is 0 Å². The number of nitrogens with one attached hydrogen (secondary N) is 1. The van der Waals surface area contributed by atoms with Crippen molar-refractivity contribution in [2.45, 2.75) is 0 Å². The average Bonchev–Trinajstić information content (AvgIpc) is 3.02. The van der Waals surface area contributed by atoms with Crippen LogP contribution < -0.4 is 19.5 Å². The molecular formula is C19H16N2O4. The van der Waals surface area contributed by atoms with Gasteiger partial charge in [0.15, 0.2) is 11.5 Å². The summed E-state index contributed by atoms with van der Waals surface area (Å²) in [5, 5.41) is 2.79. The number of fused-ring (bicyclic) bond motifs is 1. The second-order valence-electron chi connectivity index (χ2n) is 5.58. The van der Waals surface area contributed by atoms with Crippen LogP contribution >= 0.6 is 0 Å². The van der Waals surface area contributed by atoms with E-state index >= 15 is 0 Å². The van der Waals surface area contributed by atoms with Crippen molar-refractivity contribution in [3.63, 3.8) is 0 Å². The summed E-state index contributed by atoms with van der Waals surface area (Å²) in [7, 11) is 1.61. The minimum absolute atomic E-state index is 0.235. The normalized spacial score (nSPS) is 17.2. The summed E-state index contributed by atoms with van der Waals surface area (Å²) in [6, 6.07) is 12.9. The Hall–Kier alpha value is -3.28. The van der Waals surface area contributed by atoms with Gasteiger partial charge in [0.05, 0.1) is 7.11 Å². The number of ether oxygens (including phenoxy) is 3. The highest BCUT2D eigenvalue weighted by Gasteiger charge is 2.21. The molecule has 0 unspecified atom stereocenters. The Morgan fingerprint density at radius 2 is 1.84 bits per heavy atom. The first-order valence-electron chi connectivity index (χ1n) is 7.89. The molecule has 0 aliphatic carbocycles. The fourth-order valence-electron chi connectivity index (χ4n) is 2.66. The van der Waals surface area contributed by atoms with Gasteiger partial charge in [0.2, 0.25) is 0 Å². The molecule has 0 atom stereocenters. The van der Waals surface area contributed by atoms with Crippen molar-refractivity contribution in [3.8, 4) is 17.2 Å². The lowest BCUT2D eigenvalue weighted by Gasteiger charge is -2.18. The lowest BCUT2D eigenvalue weighted by atomic mass is 10.1. The van der Waals surface area contributed by atoms with Crippen molar-refractivity contribution in [2.24, 2.45) is 4.99 Å². The second-order valence-corrected chi connectivity index (χ2v) is 5.58. The van der Waals surface area contributed by atoms with Gasteiger partial charge in [0.1, 0.15) is 30.5 Å². The maximum absolute atomic E-state index is 12.2. The first kappa shape index (κ1) is 15.3. The molecule has 0 bridgehead atoms. The van der Waals surface area contributed by atoms with E-state index in [9.17, 15) is 4.79 Å². The number of hydrogen-bond donors (Lipinski definition) is 1.